The normalized spacial score (nSPS) is 12.9. The van der Waals surface area contributed by atoms with Gasteiger partial charge < -0.3 is 9.73 Å². The zero-order valence-electron chi connectivity index (χ0n) is 8.20. The van der Waals surface area contributed by atoms with Crippen LogP contribution in [0.5, 0.6) is 0 Å². The molecule has 0 aliphatic rings. The van der Waals surface area contributed by atoms with Gasteiger partial charge in [-0.25, -0.2) is 4.98 Å². The van der Waals surface area contributed by atoms with E-state index in [-0.39, 0.29) is 6.04 Å². The number of aromatic amines is 1. The van der Waals surface area contributed by atoms with Gasteiger partial charge in [-0.15, -0.1) is 0 Å². The second-order valence-corrected chi connectivity index (χ2v) is 3.85. The first-order chi connectivity index (χ1) is 7.33. The first kappa shape index (κ1) is 10.4. The summed E-state index contributed by atoms with van der Waals surface area (Å²) in [5.41, 5.74) is 0. The third-order valence-corrected chi connectivity index (χ3v) is 2.68. The van der Waals surface area contributed by atoms with Crippen LogP contribution in [0.1, 0.15) is 24.6 Å². The van der Waals surface area contributed by atoms with Gasteiger partial charge in [0.05, 0.1) is 10.7 Å². The minimum Gasteiger partial charge on any atom is -0.466 e. The minimum absolute atomic E-state index is 0.0955. The Labute approximate surface area is 95.4 Å². The fourth-order valence-corrected chi connectivity index (χ4v) is 1.81. The third-order valence-electron chi connectivity index (χ3n) is 2.02. The van der Waals surface area contributed by atoms with E-state index in [1.165, 1.54) is 6.33 Å². The molecule has 0 radical (unpaired) electrons. The second-order valence-electron chi connectivity index (χ2n) is 2.99. The predicted octanol–water partition coefficient (Wildman–Crippen LogP) is 1.86. The van der Waals surface area contributed by atoms with Crippen molar-refractivity contribution in [2.75, 3.05) is 6.54 Å². The summed E-state index contributed by atoms with van der Waals surface area (Å²) < 4.78 is 6.33. The number of furan rings is 1. The van der Waals surface area contributed by atoms with Crippen molar-refractivity contribution in [2.45, 2.75) is 13.0 Å². The average Bonchev–Trinajstić information content (AvgIpc) is 2.85. The van der Waals surface area contributed by atoms with Gasteiger partial charge in [0, 0.05) is 0 Å². The molecule has 2 aromatic rings. The zero-order chi connectivity index (χ0) is 10.7. The van der Waals surface area contributed by atoms with E-state index in [1.54, 1.807) is 6.26 Å². The average molecular weight is 271 g/mol. The van der Waals surface area contributed by atoms with Gasteiger partial charge >= 0.3 is 0 Å². The minimum atomic E-state index is -0.0955. The van der Waals surface area contributed by atoms with Gasteiger partial charge in [0.2, 0.25) is 0 Å². The van der Waals surface area contributed by atoms with Crippen molar-refractivity contribution in [1.82, 2.24) is 20.5 Å². The Bertz CT molecular complexity index is 411. The van der Waals surface area contributed by atoms with Gasteiger partial charge in [0.1, 0.15) is 24.0 Å². The SMILES string of the molecule is CCNC(c1ncn[nH]1)c1occc1Br. The molecule has 0 aromatic carbocycles. The van der Waals surface area contributed by atoms with Crippen LogP contribution in [0.4, 0.5) is 0 Å². The number of H-pyrrole nitrogens is 1. The number of nitrogens with zero attached hydrogens (tertiary/aromatic N) is 2. The van der Waals surface area contributed by atoms with Crippen LogP contribution in [0.25, 0.3) is 0 Å². The Morgan fingerprint density at radius 1 is 1.67 bits per heavy atom. The highest BCUT2D eigenvalue weighted by atomic mass is 79.9. The van der Waals surface area contributed by atoms with Crippen LogP contribution < -0.4 is 5.32 Å². The summed E-state index contributed by atoms with van der Waals surface area (Å²) in [5, 5.41) is 9.94. The van der Waals surface area contributed by atoms with Crippen molar-refractivity contribution < 1.29 is 4.42 Å². The number of nitrogens with one attached hydrogen (secondary N) is 2. The van der Waals surface area contributed by atoms with E-state index < -0.39 is 0 Å². The van der Waals surface area contributed by atoms with Crippen molar-refractivity contribution in [3.8, 4) is 0 Å². The molecule has 0 bridgehead atoms. The molecule has 0 spiro atoms. The molecule has 2 N–H and O–H groups in total. The van der Waals surface area contributed by atoms with E-state index in [0.29, 0.717) is 0 Å². The summed E-state index contributed by atoms with van der Waals surface area (Å²) in [6.07, 6.45) is 3.12. The van der Waals surface area contributed by atoms with Crippen molar-refractivity contribution >= 4 is 15.9 Å². The summed E-state index contributed by atoms with van der Waals surface area (Å²) in [6, 6.07) is 1.76. The molecule has 15 heavy (non-hydrogen) atoms. The molecule has 0 saturated heterocycles. The summed E-state index contributed by atoms with van der Waals surface area (Å²) in [4.78, 5) is 4.12. The number of hydrogen-bond donors (Lipinski definition) is 2. The Balaban J connectivity index is 2.32. The molecule has 1 unspecified atom stereocenters. The van der Waals surface area contributed by atoms with Gasteiger partial charge in [-0.3, -0.25) is 5.10 Å². The van der Waals surface area contributed by atoms with Gasteiger partial charge in [0.25, 0.3) is 0 Å². The molecule has 2 rings (SSSR count). The first-order valence-electron chi connectivity index (χ1n) is 4.64. The van der Waals surface area contributed by atoms with Gasteiger partial charge in [-0.05, 0) is 28.5 Å². The highest BCUT2D eigenvalue weighted by Crippen LogP contribution is 2.27. The molecule has 5 nitrogen and oxygen atoms in total. The van der Waals surface area contributed by atoms with E-state index in [4.69, 9.17) is 4.42 Å². The third kappa shape index (κ3) is 2.10. The first-order valence-corrected chi connectivity index (χ1v) is 5.43. The molecule has 1 atom stereocenters. The highest BCUT2D eigenvalue weighted by molar-refractivity contribution is 9.10. The Hall–Kier alpha value is -1.14. The molecule has 0 amide bonds. The van der Waals surface area contributed by atoms with E-state index in [1.807, 2.05) is 13.0 Å². The lowest BCUT2D eigenvalue weighted by Gasteiger charge is -2.12. The lowest BCUT2D eigenvalue weighted by atomic mass is 10.2. The molecule has 6 heteroatoms. The maximum absolute atomic E-state index is 5.41. The molecule has 0 aliphatic heterocycles. The molecule has 0 aliphatic carbocycles. The van der Waals surface area contributed by atoms with Crippen molar-refractivity contribution in [2.24, 2.45) is 0 Å². The predicted molar refractivity (Wildman–Crippen MR) is 58.3 cm³/mol. The van der Waals surface area contributed by atoms with Crippen LogP contribution in [-0.2, 0) is 0 Å². The summed E-state index contributed by atoms with van der Waals surface area (Å²) >= 11 is 3.43. The molecule has 0 fully saturated rings. The Morgan fingerprint density at radius 3 is 3.07 bits per heavy atom. The molecule has 2 aromatic heterocycles. The summed E-state index contributed by atoms with van der Waals surface area (Å²) in [6.45, 7) is 2.85. The van der Waals surface area contributed by atoms with E-state index in [0.717, 1.165) is 22.6 Å². The van der Waals surface area contributed by atoms with Gasteiger partial charge in [-0.1, -0.05) is 6.92 Å². The van der Waals surface area contributed by atoms with Crippen LogP contribution in [-0.4, -0.2) is 21.7 Å². The summed E-state index contributed by atoms with van der Waals surface area (Å²) in [5.74, 6) is 1.54. The molecule has 2 heterocycles. The summed E-state index contributed by atoms with van der Waals surface area (Å²) in [7, 11) is 0. The topological polar surface area (TPSA) is 66.7 Å². The quantitative estimate of drug-likeness (QED) is 0.890. The largest absolute Gasteiger partial charge is 0.466 e. The maximum Gasteiger partial charge on any atom is 0.149 e. The number of halogens is 1. The Morgan fingerprint density at radius 2 is 2.53 bits per heavy atom. The standard InChI is InChI=1S/C9H11BrN4O/c1-2-11-7(9-12-5-13-14-9)8-6(10)3-4-15-8/h3-5,7,11H,2H2,1H3,(H,12,13,14). The second kappa shape index (κ2) is 4.59. The van der Waals surface area contributed by atoms with E-state index in [9.17, 15) is 0 Å². The van der Waals surface area contributed by atoms with Crippen LogP contribution in [0.15, 0.2) is 27.5 Å². The van der Waals surface area contributed by atoms with Gasteiger partial charge in [-0.2, -0.15) is 5.10 Å². The highest BCUT2D eigenvalue weighted by Gasteiger charge is 2.21. The molecule has 80 valence electrons. The lowest BCUT2D eigenvalue weighted by molar-refractivity contribution is 0.440. The maximum atomic E-state index is 5.41. The van der Waals surface area contributed by atoms with Crippen molar-refractivity contribution in [1.29, 1.82) is 0 Å². The van der Waals surface area contributed by atoms with Crippen molar-refractivity contribution in [3.63, 3.8) is 0 Å². The van der Waals surface area contributed by atoms with E-state index in [2.05, 4.69) is 36.4 Å². The fourth-order valence-electron chi connectivity index (χ4n) is 1.38. The number of hydrogen-bond acceptors (Lipinski definition) is 4. The lowest BCUT2D eigenvalue weighted by Crippen LogP contribution is -2.23. The Kier molecular flexibility index (Phi) is 3.17. The number of aromatic nitrogens is 3. The van der Waals surface area contributed by atoms with Crippen LogP contribution in [0.3, 0.4) is 0 Å². The molecular weight excluding hydrogens is 260 g/mol. The van der Waals surface area contributed by atoms with Crippen LogP contribution >= 0.6 is 15.9 Å². The van der Waals surface area contributed by atoms with Gasteiger partial charge in [0.15, 0.2) is 0 Å². The monoisotopic (exact) mass is 270 g/mol. The van der Waals surface area contributed by atoms with Crippen molar-refractivity contribution in [3.05, 3.63) is 34.7 Å². The smallest absolute Gasteiger partial charge is 0.149 e. The zero-order valence-corrected chi connectivity index (χ0v) is 9.78. The fraction of sp³-hybridized carbons (Fsp3) is 0.333. The van der Waals surface area contributed by atoms with Crippen LogP contribution in [0, 0.1) is 0 Å². The molecular formula is C9H11BrN4O. The van der Waals surface area contributed by atoms with Crippen LogP contribution in [0.2, 0.25) is 0 Å². The number of rotatable bonds is 4. The van der Waals surface area contributed by atoms with E-state index >= 15 is 0 Å². The molecule has 0 saturated carbocycles.